The highest BCUT2D eigenvalue weighted by molar-refractivity contribution is 9.12. The van der Waals surface area contributed by atoms with Gasteiger partial charge in [0.2, 0.25) is 0 Å². The molecule has 0 heterocycles. The summed E-state index contributed by atoms with van der Waals surface area (Å²) in [5, 5.41) is 0.144. The molecule has 24 heavy (non-hydrogen) atoms. The molecule has 1 aromatic rings. The third kappa shape index (κ3) is 6.56. The summed E-state index contributed by atoms with van der Waals surface area (Å²) >= 11 is 3.21. The van der Waals surface area contributed by atoms with Crippen molar-refractivity contribution < 1.29 is 9.16 Å². The third-order valence-electron chi connectivity index (χ3n) is 4.51. The van der Waals surface area contributed by atoms with Crippen LogP contribution in [0.4, 0.5) is 0 Å². The second-order valence-electron chi connectivity index (χ2n) is 7.42. The SMILES string of the molecule is C=C[C@H](O[Si](C)(C)C(C)(C)C)[C@H](C#CBr)COCc1ccccc1. The molecular weight excluding hydrogens is 380 g/mol. The summed E-state index contributed by atoms with van der Waals surface area (Å²) in [6.45, 7) is 16.2. The zero-order chi connectivity index (χ0) is 18.2. The Hall–Kier alpha value is -0.863. The summed E-state index contributed by atoms with van der Waals surface area (Å²) in [5.74, 6) is 3.12. The van der Waals surface area contributed by atoms with Crippen LogP contribution in [0.5, 0.6) is 0 Å². The Balaban J connectivity index is 2.73. The van der Waals surface area contributed by atoms with Gasteiger partial charge < -0.3 is 9.16 Å². The highest BCUT2D eigenvalue weighted by Gasteiger charge is 2.40. The first-order valence-electron chi connectivity index (χ1n) is 8.24. The molecule has 0 aliphatic heterocycles. The van der Waals surface area contributed by atoms with Gasteiger partial charge in [-0.15, -0.1) is 6.58 Å². The van der Waals surface area contributed by atoms with Crippen LogP contribution in [0.3, 0.4) is 0 Å². The van der Waals surface area contributed by atoms with Gasteiger partial charge in [0.1, 0.15) is 0 Å². The number of hydrogen-bond acceptors (Lipinski definition) is 2. The average molecular weight is 409 g/mol. The van der Waals surface area contributed by atoms with Crippen LogP contribution in [0.2, 0.25) is 18.1 Å². The summed E-state index contributed by atoms with van der Waals surface area (Å²) in [5.41, 5.74) is 1.16. The smallest absolute Gasteiger partial charge is 0.192 e. The normalized spacial score (nSPS) is 14.4. The third-order valence-corrected chi connectivity index (χ3v) is 9.22. The van der Waals surface area contributed by atoms with E-state index in [1.165, 1.54) is 0 Å². The molecule has 0 fully saturated rings. The Morgan fingerprint density at radius 3 is 2.38 bits per heavy atom. The van der Waals surface area contributed by atoms with Gasteiger partial charge in [-0.3, -0.25) is 0 Å². The summed E-state index contributed by atoms with van der Waals surface area (Å²) in [7, 11) is -1.89. The van der Waals surface area contributed by atoms with Gasteiger partial charge >= 0.3 is 0 Å². The minimum absolute atomic E-state index is 0.0419. The lowest BCUT2D eigenvalue weighted by Gasteiger charge is -2.39. The molecule has 0 spiro atoms. The fourth-order valence-corrected chi connectivity index (χ4v) is 3.57. The van der Waals surface area contributed by atoms with Crippen molar-refractivity contribution >= 4 is 24.2 Å². The van der Waals surface area contributed by atoms with E-state index in [2.05, 4.69) is 79.3 Å². The molecule has 0 aromatic heterocycles. The molecule has 0 amide bonds. The largest absolute Gasteiger partial charge is 0.409 e. The molecule has 0 aliphatic carbocycles. The van der Waals surface area contributed by atoms with Crippen molar-refractivity contribution in [1.82, 2.24) is 0 Å². The fraction of sp³-hybridized carbons (Fsp3) is 0.500. The van der Waals surface area contributed by atoms with E-state index in [-0.39, 0.29) is 17.1 Å². The van der Waals surface area contributed by atoms with E-state index < -0.39 is 8.32 Å². The van der Waals surface area contributed by atoms with Crippen LogP contribution >= 0.6 is 15.9 Å². The van der Waals surface area contributed by atoms with Gasteiger partial charge in [0.15, 0.2) is 8.32 Å². The average Bonchev–Trinajstić information content (AvgIpc) is 2.52. The summed E-state index contributed by atoms with van der Waals surface area (Å²) in [6.07, 6.45) is 1.72. The first kappa shape index (κ1) is 21.2. The Kier molecular flexibility index (Phi) is 8.45. The molecule has 0 saturated carbocycles. The van der Waals surface area contributed by atoms with Crippen molar-refractivity contribution in [2.45, 2.75) is 51.6 Å². The monoisotopic (exact) mass is 408 g/mol. The fourth-order valence-electron chi connectivity index (χ4n) is 1.98. The standard InChI is InChI=1S/C20H29BrO2Si/c1-7-19(23-24(5,6)20(2,3)4)18(13-14-21)16-22-15-17-11-9-8-10-12-17/h7-12,18-19H,1,15-16H2,2-6H3/t18-,19+/m1/s1. The lowest BCUT2D eigenvalue weighted by Crippen LogP contribution is -2.45. The zero-order valence-corrected chi connectivity index (χ0v) is 18.0. The Labute approximate surface area is 156 Å². The molecule has 0 radical (unpaired) electrons. The van der Waals surface area contributed by atoms with Gasteiger partial charge in [-0.25, -0.2) is 0 Å². The van der Waals surface area contributed by atoms with Crippen molar-refractivity contribution in [3.8, 4) is 10.8 Å². The topological polar surface area (TPSA) is 18.5 Å². The van der Waals surface area contributed by atoms with Crippen molar-refractivity contribution in [1.29, 1.82) is 0 Å². The van der Waals surface area contributed by atoms with Gasteiger partial charge in [-0.2, -0.15) is 0 Å². The van der Waals surface area contributed by atoms with Crippen molar-refractivity contribution in [3.63, 3.8) is 0 Å². The molecule has 0 unspecified atom stereocenters. The Bertz CT molecular complexity index is 567. The van der Waals surface area contributed by atoms with E-state index in [1.54, 1.807) is 0 Å². The minimum atomic E-state index is -1.89. The van der Waals surface area contributed by atoms with Crippen LogP contribution in [0.25, 0.3) is 0 Å². The predicted octanol–water partition coefficient (Wildman–Crippen LogP) is 5.75. The molecule has 2 atom stereocenters. The van der Waals surface area contributed by atoms with Crippen LogP contribution in [-0.2, 0) is 15.8 Å². The van der Waals surface area contributed by atoms with Crippen LogP contribution in [0.15, 0.2) is 43.0 Å². The first-order chi connectivity index (χ1) is 11.2. The second kappa shape index (κ2) is 9.58. The summed E-state index contributed by atoms with van der Waals surface area (Å²) in [4.78, 5) is 2.83. The second-order valence-corrected chi connectivity index (χ2v) is 12.6. The lowest BCUT2D eigenvalue weighted by atomic mass is 10.1. The molecule has 4 heteroatoms. The molecule has 0 N–H and O–H groups in total. The molecule has 0 aliphatic rings. The maximum Gasteiger partial charge on any atom is 0.192 e. The zero-order valence-electron chi connectivity index (χ0n) is 15.4. The van der Waals surface area contributed by atoms with Crippen LogP contribution in [0, 0.1) is 16.7 Å². The van der Waals surface area contributed by atoms with E-state index >= 15 is 0 Å². The van der Waals surface area contributed by atoms with Gasteiger partial charge in [0, 0.05) is 15.9 Å². The molecule has 0 bridgehead atoms. The number of ether oxygens (including phenoxy) is 1. The summed E-state index contributed by atoms with van der Waals surface area (Å²) in [6, 6.07) is 10.1. The Morgan fingerprint density at radius 2 is 1.88 bits per heavy atom. The predicted molar refractivity (Wildman–Crippen MR) is 109 cm³/mol. The van der Waals surface area contributed by atoms with Crippen LogP contribution in [-0.4, -0.2) is 21.0 Å². The van der Waals surface area contributed by atoms with Gasteiger partial charge in [0.05, 0.1) is 25.2 Å². The number of rotatable bonds is 8. The van der Waals surface area contributed by atoms with E-state index in [0.717, 1.165) is 5.56 Å². The van der Waals surface area contributed by atoms with Gasteiger partial charge in [-0.1, -0.05) is 63.1 Å². The molecule has 0 saturated heterocycles. The molecule has 2 nitrogen and oxygen atoms in total. The molecular formula is C20H29BrO2Si. The van der Waals surface area contributed by atoms with Crippen molar-refractivity contribution in [2.75, 3.05) is 6.61 Å². The van der Waals surface area contributed by atoms with E-state index in [0.29, 0.717) is 13.2 Å². The summed E-state index contributed by atoms with van der Waals surface area (Å²) < 4.78 is 12.4. The molecule has 1 rings (SSSR count). The van der Waals surface area contributed by atoms with Gasteiger partial charge in [-0.05, 0) is 28.5 Å². The maximum atomic E-state index is 6.49. The van der Waals surface area contributed by atoms with Crippen LogP contribution < -0.4 is 0 Å². The highest BCUT2D eigenvalue weighted by Crippen LogP contribution is 2.38. The number of halogens is 1. The minimum Gasteiger partial charge on any atom is -0.409 e. The number of benzene rings is 1. The van der Waals surface area contributed by atoms with Gasteiger partial charge in [0.25, 0.3) is 0 Å². The molecule has 1 aromatic carbocycles. The first-order valence-corrected chi connectivity index (χ1v) is 11.9. The highest BCUT2D eigenvalue weighted by atomic mass is 79.9. The number of hydrogen-bond donors (Lipinski definition) is 0. The van der Waals surface area contributed by atoms with E-state index in [1.807, 2.05) is 24.3 Å². The van der Waals surface area contributed by atoms with Crippen molar-refractivity contribution in [3.05, 3.63) is 48.6 Å². The Morgan fingerprint density at radius 1 is 1.25 bits per heavy atom. The molecule has 132 valence electrons. The quantitative estimate of drug-likeness (QED) is 0.309. The lowest BCUT2D eigenvalue weighted by molar-refractivity contribution is 0.0651. The van der Waals surface area contributed by atoms with Crippen molar-refractivity contribution in [2.24, 2.45) is 5.92 Å². The van der Waals surface area contributed by atoms with E-state index in [9.17, 15) is 0 Å². The van der Waals surface area contributed by atoms with Crippen LogP contribution in [0.1, 0.15) is 26.3 Å². The maximum absolute atomic E-state index is 6.49. The van der Waals surface area contributed by atoms with E-state index in [4.69, 9.17) is 9.16 Å².